The lowest BCUT2D eigenvalue weighted by Crippen LogP contribution is -2.44. The quantitative estimate of drug-likeness (QED) is 0.703. The van der Waals surface area contributed by atoms with Crippen LogP contribution in [0.4, 0.5) is 13.6 Å². The van der Waals surface area contributed by atoms with E-state index in [1.165, 1.54) is 30.0 Å². The molecule has 3 atom stereocenters. The Morgan fingerprint density at radius 1 is 1.58 bits per heavy atom. The van der Waals surface area contributed by atoms with E-state index in [2.05, 4.69) is 26.2 Å². The summed E-state index contributed by atoms with van der Waals surface area (Å²) in [5.41, 5.74) is -1.35. The SMILES string of the molecule is CC(C)OC[C@]12C[C@H]1[C@@](CF)(c1cc(Br)ccc1F)N=C(NC(=O)O)S2. The molecule has 0 radical (unpaired) electrons. The number of aliphatic imine (C=N–C) groups is 1. The summed E-state index contributed by atoms with van der Waals surface area (Å²) in [7, 11) is 0. The van der Waals surface area contributed by atoms with Crippen LogP contribution in [-0.4, -0.2) is 40.5 Å². The third-order valence-electron chi connectivity index (χ3n) is 4.68. The summed E-state index contributed by atoms with van der Waals surface area (Å²) in [6.45, 7) is 3.17. The first-order valence-corrected chi connectivity index (χ1v) is 9.75. The van der Waals surface area contributed by atoms with Crippen LogP contribution in [0.5, 0.6) is 0 Å². The number of amides is 1. The minimum absolute atomic E-state index is 0.0247. The third kappa shape index (κ3) is 3.48. The second kappa shape index (κ2) is 7.09. The smallest absolute Gasteiger partial charge is 0.410 e. The number of ether oxygens (including phenoxy) is 1. The van der Waals surface area contributed by atoms with Crippen LogP contribution in [0.2, 0.25) is 0 Å². The average molecular weight is 449 g/mol. The average Bonchev–Trinajstić information content (AvgIpc) is 3.29. The summed E-state index contributed by atoms with van der Waals surface area (Å²) in [5.74, 6) is -0.853. The van der Waals surface area contributed by atoms with Crippen molar-refractivity contribution >= 4 is 39.0 Å². The number of hydrogen-bond acceptors (Lipinski definition) is 4. The Morgan fingerprint density at radius 2 is 2.31 bits per heavy atom. The predicted molar refractivity (Wildman–Crippen MR) is 99.9 cm³/mol. The number of fused-ring (bicyclic) bond motifs is 1. The van der Waals surface area contributed by atoms with Crippen molar-refractivity contribution in [3.05, 3.63) is 34.1 Å². The van der Waals surface area contributed by atoms with Crippen LogP contribution in [0.1, 0.15) is 25.8 Å². The number of thioether (sulfide) groups is 1. The maximum absolute atomic E-state index is 14.6. The summed E-state index contributed by atoms with van der Waals surface area (Å²) in [6, 6.07) is 4.30. The molecule has 2 aliphatic rings. The van der Waals surface area contributed by atoms with Gasteiger partial charge < -0.3 is 9.84 Å². The number of rotatable bonds is 5. The molecule has 0 bridgehead atoms. The van der Waals surface area contributed by atoms with Crippen LogP contribution in [0, 0.1) is 11.7 Å². The van der Waals surface area contributed by atoms with E-state index in [1.54, 1.807) is 0 Å². The molecule has 1 aromatic rings. The summed E-state index contributed by atoms with van der Waals surface area (Å²) < 4.78 is 34.8. The minimum Gasteiger partial charge on any atom is -0.465 e. The summed E-state index contributed by atoms with van der Waals surface area (Å²) >= 11 is 4.52. The van der Waals surface area contributed by atoms with Crippen molar-refractivity contribution in [1.29, 1.82) is 0 Å². The minimum atomic E-state index is -1.47. The second-order valence-electron chi connectivity index (χ2n) is 6.81. The van der Waals surface area contributed by atoms with Gasteiger partial charge in [0.2, 0.25) is 0 Å². The number of nitrogens with one attached hydrogen (secondary N) is 1. The van der Waals surface area contributed by atoms with E-state index >= 15 is 0 Å². The molecule has 1 fully saturated rings. The van der Waals surface area contributed by atoms with Crippen molar-refractivity contribution < 1.29 is 23.4 Å². The molecule has 1 aliphatic heterocycles. The number of alkyl halides is 1. The van der Waals surface area contributed by atoms with Gasteiger partial charge in [0.05, 0.1) is 17.5 Å². The van der Waals surface area contributed by atoms with Gasteiger partial charge in [-0.3, -0.25) is 5.32 Å². The van der Waals surface area contributed by atoms with Crippen molar-refractivity contribution in [3.8, 4) is 0 Å². The fourth-order valence-electron chi connectivity index (χ4n) is 3.39. The Morgan fingerprint density at radius 3 is 2.92 bits per heavy atom. The van der Waals surface area contributed by atoms with Crippen molar-refractivity contribution in [2.45, 2.75) is 36.7 Å². The highest BCUT2D eigenvalue weighted by Crippen LogP contribution is 2.66. The Bertz CT molecular complexity index is 764. The zero-order valence-electron chi connectivity index (χ0n) is 14.3. The topological polar surface area (TPSA) is 70.9 Å². The molecule has 1 aromatic carbocycles. The number of carboxylic acid groups (broad SMARTS) is 1. The molecule has 0 unspecified atom stereocenters. The van der Waals surface area contributed by atoms with Gasteiger partial charge in [-0.15, -0.1) is 0 Å². The number of nitrogens with zero attached hydrogens (tertiary/aromatic N) is 1. The standard InChI is InChI=1S/C17H19BrF2N2O3S/c1-9(2)25-8-16-6-13(16)17(7-19,22-14(26-16)21-15(23)24)11-5-10(18)3-4-12(11)20/h3-5,9,13H,6-8H2,1-2H3,(H,21,22)(H,23,24)/t13-,16-,17-/m1/s1. The number of benzene rings is 1. The largest absolute Gasteiger partial charge is 0.465 e. The molecule has 3 rings (SSSR count). The monoisotopic (exact) mass is 448 g/mol. The highest BCUT2D eigenvalue weighted by atomic mass is 79.9. The van der Waals surface area contributed by atoms with Crippen molar-refractivity contribution in [2.24, 2.45) is 10.9 Å². The van der Waals surface area contributed by atoms with Crippen LogP contribution in [0.3, 0.4) is 0 Å². The zero-order valence-corrected chi connectivity index (χ0v) is 16.7. The summed E-state index contributed by atoms with van der Waals surface area (Å²) in [6.07, 6.45) is -0.754. The van der Waals surface area contributed by atoms with E-state index < -0.39 is 28.9 Å². The van der Waals surface area contributed by atoms with Gasteiger partial charge in [0.15, 0.2) is 5.17 Å². The maximum Gasteiger partial charge on any atom is 0.410 e. The van der Waals surface area contributed by atoms with Crippen molar-refractivity contribution in [1.82, 2.24) is 5.32 Å². The zero-order chi connectivity index (χ0) is 19.1. The van der Waals surface area contributed by atoms with Gasteiger partial charge in [0.1, 0.15) is 18.0 Å². The van der Waals surface area contributed by atoms with E-state index in [4.69, 9.17) is 9.84 Å². The first-order valence-electron chi connectivity index (χ1n) is 8.14. The van der Waals surface area contributed by atoms with Gasteiger partial charge in [-0.25, -0.2) is 18.6 Å². The molecule has 5 nitrogen and oxygen atoms in total. The molecular formula is C17H19BrF2N2O3S. The number of halogens is 3. The van der Waals surface area contributed by atoms with Gasteiger partial charge >= 0.3 is 6.09 Å². The lowest BCUT2D eigenvalue weighted by Gasteiger charge is -2.36. The number of hydrogen-bond donors (Lipinski definition) is 2. The first kappa shape index (κ1) is 19.6. The molecule has 2 N–H and O–H groups in total. The van der Waals surface area contributed by atoms with Crippen molar-refractivity contribution in [2.75, 3.05) is 13.3 Å². The highest BCUT2D eigenvalue weighted by Gasteiger charge is 2.69. The summed E-state index contributed by atoms with van der Waals surface area (Å²) in [5, 5.41) is 11.4. The molecule has 0 aromatic heterocycles. The Hall–Kier alpha value is -1.19. The molecule has 1 aliphatic carbocycles. The van der Waals surface area contributed by atoms with Crippen molar-refractivity contribution in [3.63, 3.8) is 0 Å². The second-order valence-corrected chi connectivity index (χ2v) is 9.13. The predicted octanol–water partition coefficient (Wildman–Crippen LogP) is 4.31. The molecular weight excluding hydrogens is 430 g/mol. The van der Waals surface area contributed by atoms with E-state index in [0.29, 0.717) is 17.5 Å². The molecule has 26 heavy (non-hydrogen) atoms. The van der Waals surface area contributed by atoms with Gasteiger partial charge in [0.25, 0.3) is 0 Å². The molecule has 0 saturated heterocycles. The van der Waals surface area contributed by atoms with Gasteiger partial charge in [0, 0.05) is 16.0 Å². The highest BCUT2D eigenvalue weighted by molar-refractivity contribution is 9.10. The van der Waals surface area contributed by atoms with Crippen LogP contribution >= 0.6 is 27.7 Å². The molecule has 9 heteroatoms. The summed E-state index contributed by atoms with van der Waals surface area (Å²) in [4.78, 5) is 15.4. The number of amidine groups is 1. The molecule has 0 spiro atoms. The fraction of sp³-hybridized carbons (Fsp3) is 0.529. The third-order valence-corrected chi connectivity index (χ3v) is 6.53. The van der Waals surface area contributed by atoms with Crippen LogP contribution in [-0.2, 0) is 10.3 Å². The molecule has 1 saturated carbocycles. The lowest BCUT2D eigenvalue weighted by molar-refractivity contribution is 0.0706. The molecule has 1 amide bonds. The van der Waals surface area contributed by atoms with Gasteiger partial charge in [-0.1, -0.05) is 27.7 Å². The van der Waals surface area contributed by atoms with E-state index in [1.807, 2.05) is 13.8 Å². The van der Waals surface area contributed by atoms with E-state index in [0.717, 1.165) is 0 Å². The Balaban J connectivity index is 2.07. The fourth-order valence-corrected chi connectivity index (χ4v) is 5.20. The van der Waals surface area contributed by atoms with Crippen LogP contribution < -0.4 is 5.32 Å². The Labute approximate surface area is 162 Å². The molecule has 142 valence electrons. The molecule has 1 heterocycles. The van der Waals surface area contributed by atoms with E-state index in [9.17, 15) is 13.6 Å². The lowest BCUT2D eigenvalue weighted by atomic mass is 9.85. The van der Waals surface area contributed by atoms with Crippen LogP contribution in [0.25, 0.3) is 0 Å². The Kier molecular flexibility index (Phi) is 5.33. The van der Waals surface area contributed by atoms with Gasteiger partial charge in [-0.2, -0.15) is 0 Å². The maximum atomic E-state index is 14.6. The van der Waals surface area contributed by atoms with Crippen LogP contribution in [0.15, 0.2) is 27.7 Å². The van der Waals surface area contributed by atoms with Gasteiger partial charge in [-0.05, 0) is 38.5 Å². The number of carbonyl (C=O) groups is 1. The first-order chi connectivity index (χ1) is 12.2. The normalized spacial score (nSPS) is 29.9. The van der Waals surface area contributed by atoms with E-state index in [-0.39, 0.29) is 22.8 Å².